The zero-order valence-corrected chi connectivity index (χ0v) is 18.6. The number of rotatable bonds is 5. The number of nitrogens with one attached hydrogen (secondary N) is 1. The van der Waals surface area contributed by atoms with E-state index < -0.39 is 67.1 Å². The van der Waals surface area contributed by atoms with E-state index in [0.29, 0.717) is 0 Å². The molecule has 0 bridgehead atoms. The maximum atomic E-state index is 13.6. The first-order valence-electron chi connectivity index (χ1n) is 10.4. The van der Waals surface area contributed by atoms with Crippen LogP contribution in [0.15, 0.2) is 28.8 Å². The van der Waals surface area contributed by atoms with Gasteiger partial charge in [0.05, 0.1) is 35.1 Å². The summed E-state index contributed by atoms with van der Waals surface area (Å²) in [6.07, 6.45) is -3.69. The summed E-state index contributed by atoms with van der Waals surface area (Å²) in [5.41, 5.74) is 10.6. The Hall–Kier alpha value is -2.89. The lowest BCUT2D eigenvalue weighted by Crippen LogP contribution is -2.54. The second kappa shape index (κ2) is 10.2. The van der Waals surface area contributed by atoms with E-state index in [2.05, 4.69) is 10.3 Å². The van der Waals surface area contributed by atoms with Crippen molar-refractivity contribution < 1.29 is 31.5 Å². The maximum absolute atomic E-state index is 13.6. The van der Waals surface area contributed by atoms with Crippen molar-refractivity contribution in [1.82, 2.24) is 10.2 Å². The van der Waals surface area contributed by atoms with Crippen LogP contribution in [0.2, 0.25) is 5.02 Å². The highest BCUT2D eigenvalue weighted by Crippen LogP contribution is 2.33. The minimum Gasteiger partial charge on any atom is -0.398 e. The Morgan fingerprint density at radius 2 is 1.85 bits per heavy atom. The number of halogens is 6. The number of alkyl halides is 4. The van der Waals surface area contributed by atoms with Gasteiger partial charge in [-0.05, 0) is 36.6 Å². The molecule has 13 heteroatoms. The van der Waals surface area contributed by atoms with Crippen LogP contribution in [0.1, 0.15) is 31.2 Å². The first-order chi connectivity index (χ1) is 15.9. The number of hydrogen-bond acceptors (Lipinski definition) is 4. The van der Waals surface area contributed by atoms with Crippen LogP contribution in [0.3, 0.4) is 0 Å². The predicted molar refractivity (Wildman–Crippen MR) is 116 cm³/mol. The van der Waals surface area contributed by atoms with Gasteiger partial charge in [-0.3, -0.25) is 9.79 Å². The molecule has 3 amide bonds. The molecule has 1 aromatic carbocycles. The molecule has 186 valence electrons. The molecule has 1 unspecified atom stereocenters. The molecular formula is C21H23ClF5N5O2. The summed E-state index contributed by atoms with van der Waals surface area (Å²) in [7, 11) is 0. The number of urea groups is 1. The first kappa shape index (κ1) is 25.7. The highest BCUT2D eigenvalue weighted by Gasteiger charge is 2.38. The van der Waals surface area contributed by atoms with Crippen LogP contribution in [-0.4, -0.2) is 60.1 Å². The number of benzene rings is 1. The van der Waals surface area contributed by atoms with Crippen LogP contribution in [0.4, 0.5) is 26.7 Å². The molecule has 7 nitrogen and oxygen atoms in total. The summed E-state index contributed by atoms with van der Waals surface area (Å²) >= 11 is 5.76. The molecule has 34 heavy (non-hydrogen) atoms. The van der Waals surface area contributed by atoms with E-state index in [9.17, 15) is 31.5 Å². The topological polar surface area (TPSA) is 114 Å². The Bertz CT molecular complexity index is 1020. The van der Waals surface area contributed by atoms with Crippen molar-refractivity contribution in [2.75, 3.05) is 13.1 Å². The number of amides is 3. The molecule has 0 spiro atoms. The van der Waals surface area contributed by atoms with E-state index in [1.807, 2.05) is 0 Å². The van der Waals surface area contributed by atoms with Crippen molar-refractivity contribution >= 4 is 34.9 Å². The third kappa shape index (κ3) is 5.96. The van der Waals surface area contributed by atoms with E-state index in [1.165, 1.54) is 6.07 Å². The fraction of sp³-hybridized carbons (Fsp3) is 0.476. The number of nitrogens with two attached hydrogens (primary N) is 2. The van der Waals surface area contributed by atoms with Crippen molar-refractivity contribution in [3.8, 4) is 0 Å². The lowest BCUT2D eigenvalue weighted by molar-refractivity contribution is -0.114. The molecule has 0 radical (unpaired) electrons. The first-order valence-corrected chi connectivity index (χ1v) is 10.8. The summed E-state index contributed by atoms with van der Waals surface area (Å²) in [6, 6.07) is 0.367. The summed E-state index contributed by atoms with van der Waals surface area (Å²) < 4.78 is 67.4. The second-order valence-corrected chi connectivity index (χ2v) is 8.63. The molecular weight excluding hydrogens is 485 g/mol. The quantitative estimate of drug-likeness (QED) is 0.419. The van der Waals surface area contributed by atoms with E-state index in [0.717, 1.165) is 17.0 Å². The Morgan fingerprint density at radius 3 is 2.41 bits per heavy atom. The normalized spacial score (nSPS) is 21.7. The number of carbonyl (C=O) groups excluding carboxylic acids is 2. The molecule has 5 N–H and O–H groups in total. The monoisotopic (exact) mass is 507 g/mol. The molecule has 1 fully saturated rings. The van der Waals surface area contributed by atoms with Crippen LogP contribution in [0.5, 0.6) is 0 Å². The molecule has 1 atom stereocenters. The van der Waals surface area contributed by atoms with Gasteiger partial charge in [-0.2, -0.15) is 0 Å². The third-order valence-corrected chi connectivity index (χ3v) is 6.02. The second-order valence-electron chi connectivity index (χ2n) is 8.22. The van der Waals surface area contributed by atoms with Gasteiger partial charge in [-0.15, -0.1) is 0 Å². The van der Waals surface area contributed by atoms with Crippen molar-refractivity contribution in [2.45, 2.75) is 50.1 Å². The van der Waals surface area contributed by atoms with Crippen LogP contribution in [0.25, 0.3) is 5.70 Å². The van der Waals surface area contributed by atoms with Gasteiger partial charge >= 0.3 is 6.03 Å². The Morgan fingerprint density at radius 1 is 1.21 bits per heavy atom. The molecule has 0 saturated heterocycles. The zero-order chi connectivity index (χ0) is 25.2. The van der Waals surface area contributed by atoms with Crippen molar-refractivity contribution in [1.29, 1.82) is 0 Å². The highest BCUT2D eigenvalue weighted by molar-refractivity contribution is 6.31. The smallest absolute Gasteiger partial charge is 0.318 e. The number of hydrogen-bond donors (Lipinski definition) is 3. The van der Waals surface area contributed by atoms with Gasteiger partial charge in [0.1, 0.15) is 11.9 Å². The fourth-order valence-corrected chi connectivity index (χ4v) is 4.06. The molecule has 0 aromatic heterocycles. The molecule has 1 heterocycles. The summed E-state index contributed by atoms with van der Waals surface area (Å²) in [4.78, 5) is 29.9. The van der Waals surface area contributed by atoms with Crippen molar-refractivity contribution in [2.24, 2.45) is 16.5 Å². The van der Waals surface area contributed by atoms with Crippen LogP contribution in [0, 0.1) is 5.82 Å². The van der Waals surface area contributed by atoms with Gasteiger partial charge in [-0.25, -0.2) is 26.7 Å². The average molecular weight is 508 g/mol. The maximum Gasteiger partial charge on any atom is 0.318 e. The zero-order valence-electron chi connectivity index (χ0n) is 17.8. The lowest BCUT2D eigenvalue weighted by atomic mass is 9.92. The van der Waals surface area contributed by atoms with Crippen molar-refractivity contribution in [3.05, 3.63) is 40.2 Å². The van der Waals surface area contributed by atoms with Gasteiger partial charge in [0.2, 0.25) is 5.92 Å². The van der Waals surface area contributed by atoms with Crippen LogP contribution < -0.4 is 16.8 Å². The number of nitrogens with zero attached hydrogens (tertiary/aromatic N) is 2. The number of carbonyl (C=O) groups is 2. The lowest BCUT2D eigenvalue weighted by Gasteiger charge is -2.34. The third-order valence-electron chi connectivity index (χ3n) is 5.73. The molecule has 1 aromatic rings. The van der Waals surface area contributed by atoms with Crippen LogP contribution in [-0.2, 0) is 4.79 Å². The van der Waals surface area contributed by atoms with E-state index >= 15 is 0 Å². The van der Waals surface area contributed by atoms with Gasteiger partial charge < -0.3 is 21.7 Å². The van der Waals surface area contributed by atoms with Gasteiger partial charge in [0.15, 0.2) is 0 Å². The van der Waals surface area contributed by atoms with Gasteiger partial charge in [-0.1, -0.05) is 11.6 Å². The number of primary amides is 1. The van der Waals surface area contributed by atoms with Gasteiger partial charge in [0.25, 0.3) is 12.3 Å². The molecule has 1 saturated carbocycles. The number of aliphatic imine (C=N–C) groups is 1. The fourth-order valence-electron chi connectivity index (χ4n) is 3.88. The molecule has 2 aliphatic rings. The Kier molecular flexibility index (Phi) is 7.69. The average Bonchev–Trinajstić information content (AvgIpc) is 2.76. The predicted octanol–water partition coefficient (Wildman–Crippen LogP) is 3.31. The van der Waals surface area contributed by atoms with Crippen LogP contribution >= 0.6 is 11.6 Å². The summed E-state index contributed by atoms with van der Waals surface area (Å²) in [5, 5.41) is 2.29. The van der Waals surface area contributed by atoms with E-state index in [-0.39, 0.29) is 41.4 Å². The van der Waals surface area contributed by atoms with Crippen molar-refractivity contribution in [3.63, 3.8) is 0 Å². The van der Waals surface area contributed by atoms with Gasteiger partial charge in [0, 0.05) is 18.9 Å². The summed E-state index contributed by atoms with van der Waals surface area (Å²) in [5.74, 6) is -4.63. The minimum absolute atomic E-state index is 0.0382. The Labute approximate surface area is 197 Å². The minimum atomic E-state index is -2.98. The molecule has 1 aliphatic carbocycles. The summed E-state index contributed by atoms with van der Waals surface area (Å²) in [6.45, 7) is -0.851. The Balaban J connectivity index is 1.88. The van der Waals surface area contributed by atoms with E-state index in [1.54, 1.807) is 0 Å². The molecule has 1 aliphatic heterocycles. The van der Waals surface area contributed by atoms with E-state index in [4.69, 9.17) is 23.1 Å². The standard InChI is InChI=1S/C21H23ClF5N5O2/c22-12-7-10(1-2-13(12)23)17(28)16(19(29)33)14-8-32(9-15(31-14)18(24)25)20(34)30-11-3-5-21(26,27)6-4-11/h1-2,7,11,15,18H,3-6,8-9,28H2,(H2,29,33)(H,30,34). The molecule has 3 rings (SSSR count). The highest BCUT2D eigenvalue weighted by atomic mass is 35.5. The SMILES string of the molecule is NC(=O)C(C1=NC(C(F)F)CN(C(=O)NC2CCC(F)(F)CC2)C1)=C(N)c1ccc(F)c(Cl)c1. The largest absolute Gasteiger partial charge is 0.398 e.